The molecule has 4 rings (SSSR count). The first-order valence-corrected chi connectivity index (χ1v) is 10.2. The fraction of sp³-hybridized carbons (Fsp3) is 0.700. The molecule has 1 N–H and O–H groups in total. The van der Waals surface area contributed by atoms with E-state index in [0.29, 0.717) is 17.0 Å². The molecule has 6 heteroatoms. The van der Waals surface area contributed by atoms with Crippen molar-refractivity contribution in [1.29, 1.82) is 0 Å². The SMILES string of the molecule is Cc1cc(Cl)cnc1N1CCC[C@]2(CCN(C3CCC(O)CC3)C2=O)C1. The van der Waals surface area contributed by atoms with Crippen molar-refractivity contribution in [2.45, 2.75) is 64.0 Å². The fourth-order valence-electron chi connectivity index (χ4n) is 5.12. The Hall–Kier alpha value is -1.33. The number of rotatable bonds is 2. The molecule has 0 radical (unpaired) electrons. The van der Waals surface area contributed by atoms with Gasteiger partial charge in [0, 0.05) is 31.9 Å². The number of aromatic nitrogens is 1. The molecule has 3 fully saturated rings. The van der Waals surface area contributed by atoms with Gasteiger partial charge in [-0.1, -0.05) is 11.6 Å². The maximum absolute atomic E-state index is 13.4. The van der Waals surface area contributed by atoms with Crippen LogP contribution in [0.3, 0.4) is 0 Å². The number of aliphatic hydroxyl groups excluding tert-OH is 1. The molecule has 1 aromatic heterocycles. The summed E-state index contributed by atoms with van der Waals surface area (Å²) in [6.45, 7) is 4.60. The van der Waals surface area contributed by atoms with Gasteiger partial charge in [-0.2, -0.15) is 0 Å². The molecule has 0 aromatic carbocycles. The molecule has 3 heterocycles. The minimum Gasteiger partial charge on any atom is -0.393 e. The normalized spacial score (nSPS) is 32.5. The van der Waals surface area contributed by atoms with Gasteiger partial charge in [0.15, 0.2) is 0 Å². The number of aliphatic hydroxyl groups is 1. The summed E-state index contributed by atoms with van der Waals surface area (Å²) in [6, 6.07) is 2.26. The number of aryl methyl sites for hydroxylation is 1. The van der Waals surface area contributed by atoms with Gasteiger partial charge < -0.3 is 14.9 Å². The van der Waals surface area contributed by atoms with Crippen LogP contribution in [-0.4, -0.2) is 52.7 Å². The van der Waals surface area contributed by atoms with E-state index in [0.717, 1.165) is 76.0 Å². The number of amides is 1. The lowest BCUT2D eigenvalue weighted by molar-refractivity contribution is -0.139. The molecule has 1 atom stereocenters. The van der Waals surface area contributed by atoms with Crippen LogP contribution < -0.4 is 4.90 Å². The van der Waals surface area contributed by atoms with Crippen molar-refractivity contribution in [3.05, 3.63) is 22.8 Å². The highest BCUT2D eigenvalue weighted by Gasteiger charge is 2.50. The summed E-state index contributed by atoms with van der Waals surface area (Å²) in [5, 5.41) is 10.4. The molecule has 5 nitrogen and oxygen atoms in total. The lowest BCUT2D eigenvalue weighted by Gasteiger charge is -2.41. The van der Waals surface area contributed by atoms with Gasteiger partial charge in [-0.15, -0.1) is 0 Å². The van der Waals surface area contributed by atoms with Crippen LogP contribution in [0.4, 0.5) is 5.82 Å². The van der Waals surface area contributed by atoms with Crippen molar-refractivity contribution in [3.8, 4) is 0 Å². The third kappa shape index (κ3) is 3.20. The molecule has 0 unspecified atom stereocenters. The molecule has 1 spiro atoms. The molecule has 0 bridgehead atoms. The highest BCUT2D eigenvalue weighted by molar-refractivity contribution is 6.30. The van der Waals surface area contributed by atoms with Crippen LogP contribution in [0, 0.1) is 12.3 Å². The topological polar surface area (TPSA) is 56.7 Å². The Labute approximate surface area is 160 Å². The van der Waals surface area contributed by atoms with Gasteiger partial charge in [-0.3, -0.25) is 4.79 Å². The molecule has 2 saturated heterocycles. The third-order valence-corrected chi connectivity index (χ3v) is 6.75. The first kappa shape index (κ1) is 18.1. The lowest BCUT2D eigenvalue weighted by atomic mass is 9.78. The fourth-order valence-corrected chi connectivity index (χ4v) is 5.33. The van der Waals surface area contributed by atoms with Crippen LogP contribution in [-0.2, 0) is 4.79 Å². The zero-order chi connectivity index (χ0) is 18.3. The average Bonchev–Trinajstić information content (AvgIpc) is 2.92. The quantitative estimate of drug-likeness (QED) is 0.860. The van der Waals surface area contributed by atoms with Crippen molar-refractivity contribution in [2.24, 2.45) is 5.41 Å². The van der Waals surface area contributed by atoms with Crippen LogP contribution >= 0.6 is 11.6 Å². The third-order valence-electron chi connectivity index (χ3n) is 6.55. The minimum absolute atomic E-state index is 0.179. The highest BCUT2D eigenvalue weighted by atomic mass is 35.5. The molecule has 142 valence electrons. The molecule has 26 heavy (non-hydrogen) atoms. The van der Waals surface area contributed by atoms with Crippen molar-refractivity contribution < 1.29 is 9.90 Å². The van der Waals surface area contributed by atoms with E-state index < -0.39 is 0 Å². The zero-order valence-electron chi connectivity index (χ0n) is 15.5. The van der Waals surface area contributed by atoms with E-state index >= 15 is 0 Å². The number of likely N-dealkylation sites (tertiary alicyclic amines) is 1. The molecule has 1 aliphatic carbocycles. The molecule has 1 saturated carbocycles. The first-order valence-electron chi connectivity index (χ1n) is 9.85. The second kappa shape index (κ2) is 7.01. The van der Waals surface area contributed by atoms with Gasteiger partial charge >= 0.3 is 0 Å². The number of carbonyl (C=O) groups is 1. The van der Waals surface area contributed by atoms with Gasteiger partial charge in [0.25, 0.3) is 0 Å². The summed E-state index contributed by atoms with van der Waals surface area (Å²) in [5.41, 5.74) is 0.806. The summed E-state index contributed by atoms with van der Waals surface area (Å²) in [7, 11) is 0. The predicted octanol–water partition coefficient (Wildman–Crippen LogP) is 3.17. The monoisotopic (exact) mass is 377 g/mol. The Morgan fingerprint density at radius 1 is 1.23 bits per heavy atom. The maximum atomic E-state index is 13.4. The Morgan fingerprint density at radius 2 is 2.00 bits per heavy atom. The second-order valence-corrected chi connectivity index (χ2v) is 8.75. The summed E-state index contributed by atoms with van der Waals surface area (Å²) >= 11 is 6.06. The first-order chi connectivity index (χ1) is 12.5. The van der Waals surface area contributed by atoms with Crippen LogP contribution in [0.1, 0.15) is 50.5 Å². The highest BCUT2D eigenvalue weighted by Crippen LogP contribution is 2.43. The predicted molar refractivity (Wildman–Crippen MR) is 102 cm³/mol. The standard InChI is InChI=1S/C20H28ClN3O2/c1-14-11-15(21)12-22-18(14)23-9-2-7-20(13-23)8-10-24(19(20)26)16-3-5-17(25)6-4-16/h11-12,16-17,25H,2-10,13H2,1H3/t16?,17?,20-/m0/s1. The average molecular weight is 378 g/mol. The summed E-state index contributed by atoms with van der Waals surface area (Å²) in [4.78, 5) is 22.3. The summed E-state index contributed by atoms with van der Waals surface area (Å²) in [5.74, 6) is 1.29. The van der Waals surface area contributed by atoms with Gasteiger partial charge in [-0.25, -0.2) is 4.98 Å². The molecular formula is C20H28ClN3O2. The van der Waals surface area contributed by atoms with E-state index in [-0.39, 0.29) is 11.5 Å². The lowest BCUT2D eigenvalue weighted by Crippen LogP contribution is -2.50. The van der Waals surface area contributed by atoms with Crippen LogP contribution in [0.5, 0.6) is 0 Å². The summed E-state index contributed by atoms with van der Waals surface area (Å²) < 4.78 is 0. The molecule has 1 amide bonds. The Balaban J connectivity index is 1.50. The molecular weight excluding hydrogens is 350 g/mol. The number of anilines is 1. The van der Waals surface area contributed by atoms with E-state index in [1.54, 1.807) is 6.20 Å². The van der Waals surface area contributed by atoms with E-state index in [9.17, 15) is 9.90 Å². The minimum atomic E-state index is -0.262. The molecule has 3 aliphatic rings. The second-order valence-electron chi connectivity index (χ2n) is 8.31. The smallest absolute Gasteiger partial charge is 0.230 e. The molecule has 1 aromatic rings. The number of hydrogen-bond acceptors (Lipinski definition) is 4. The number of piperidine rings is 1. The van der Waals surface area contributed by atoms with Crippen LogP contribution in [0.25, 0.3) is 0 Å². The Kier molecular flexibility index (Phi) is 4.86. The maximum Gasteiger partial charge on any atom is 0.230 e. The summed E-state index contributed by atoms with van der Waals surface area (Å²) in [6.07, 6.45) is 7.96. The Bertz CT molecular complexity index is 690. The Morgan fingerprint density at radius 3 is 2.73 bits per heavy atom. The van der Waals surface area contributed by atoms with Crippen molar-refractivity contribution in [3.63, 3.8) is 0 Å². The number of hydrogen-bond donors (Lipinski definition) is 1. The van der Waals surface area contributed by atoms with Gasteiger partial charge in [0.05, 0.1) is 16.5 Å². The van der Waals surface area contributed by atoms with E-state index in [1.165, 1.54) is 0 Å². The number of carbonyl (C=O) groups excluding carboxylic acids is 1. The van der Waals surface area contributed by atoms with Gasteiger partial charge in [0.2, 0.25) is 5.91 Å². The van der Waals surface area contributed by atoms with Gasteiger partial charge in [0.1, 0.15) is 5.82 Å². The van der Waals surface area contributed by atoms with Gasteiger partial charge in [-0.05, 0) is 63.5 Å². The zero-order valence-corrected chi connectivity index (χ0v) is 16.2. The van der Waals surface area contributed by atoms with Crippen molar-refractivity contribution >= 4 is 23.3 Å². The van der Waals surface area contributed by atoms with Crippen molar-refractivity contribution in [1.82, 2.24) is 9.88 Å². The van der Waals surface area contributed by atoms with E-state index in [1.807, 2.05) is 13.0 Å². The number of pyridine rings is 1. The van der Waals surface area contributed by atoms with E-state index in [2.05, 4.69) is 14.8 Å². The van der Waals surface area contributed by atoms with Crippen molar-refractivity contribution in [2.75, 3.05) is 24.5 Å². The largest absolute Gasteiger partial charge is 0.393 e. The van der Waals surface area contributed by atoms with Crippen LogP contribution in [0.15, 0.2) is 12.3 Å². The molecule has 2 aliphatic heterocycles. The van der Waals surface area contributed by atoms with E-state index in [4.69, 9.17) is 11.6 Å². The number of halogens is 1. The number of nitrogens with zero attached hydrogens (tertiary/aromatic N) is 3. The van der Waals surface area contributed by atoms with Crippen LogP contribution in [0.2, 0.25) is 5.02 Å².